The maximum Gasteiger partial charge on any atom is 0.258 e. The molecule has 0 fully saturated rings. The van der Waals surface area contributed by atoms with Crippen molar-refractivity contribution in [2.45, 2.75) is 212 Å². The van der Waals surface area contributed by atoms with Crippen molar-refractivity contribution in [1.82, 2.24) is 4.98 Å². The number of rotatable bonds is 32. The fourth-order valence-electron chi connectivity index (χ4n) is 8.38. The molecule has 0 aliphatic rings. The number of nitrogens with one attached hydrogen (secondary N) is 1. The van der Waals surface area contributed by atoms with Crippen LogP contribution in [-0.4, -0.2) is 4.98 Å². The van der Waals surface area contributed by atoms with Crippen molar-refractivity contribution < 1.29 is 4.57 Å². The minimum Gasteiger partial charge on any atom is -0.247 e. The lowest BCUT2D eigenvalue weighted by Gasteiger charge is -2.37. The Morgan fingerprint density at radius 1 is 0.520 bits per heavy atom. The van der Waals surface area contributed by atoms with Gasteiger partial charge in [-0.15, -0.1) is 0 Å². The largest absolute Gasteiger partial charge is 0.258 e. The molecule has 0 saturated carbocycles. The van der Waals surface area contributed by atoms with Crippen molar-refractivity contribution in [3.8, 4) is 0 Å². The van der Waals surface area contributed by atoms with Gasteiger partial charge in [-0.05, 0) is 36.8 Å². The predicted molar refractivity (Wildman–Crippen MR) is 219 cm³/mol. The zero-order valence-corrected chi connectivity index (χ0v) is 33.3. The summed E-state index contributed by atoms with van der Waals surface area (Å²) in [5.74, 6) is 1.87. The number of aromatic amines is 1. The molecule has 2 atom stereocenters. The summed E-state index contributed by atoms with van der Waals surface area (Å²) in [5, 5.41) is 0. The Morgan fingerprint density at radius 2 is 0.940 bits per heavy atom. The molecule has 0 spiro atoms. The van der Waals surface area contributed by atoms with E-state index in [2.05, 4.69) is 103 Å². The van der Waals surface area contributed by atoms with Gasteiger partial charge in [-0.3, -0.25) is 0 Å². The van der Waals surface area contributed by atoms with Gasteiger partial charge < -0.3 is 0 Å². The Kier molecular flexibility index (Phi) is 23.0. The van der Waals surface area contributed by atoms with Crippen molar-refractivity contribution in [2.75, 3.05) is 0 Å². The Morgan fingerprint density at radius 3 is 1.42 bits per heavy atom. The highest BCUT2D eigenvalue weighted by Gasteiger charge is 2.41. The molecular formula is C48H79N2+. The van der Waals surface area contributed by atoms with Gasteiger partial charge in [0.05, 0.1) is 12.5 Å². The zero-order chi connectivity index (χ0) is 35.4. The first-order chi connectivity index (χ1) is 24.7. The molecule has 2 aromatic carbocycles. The quantitative estimate of drug-likeness (QED) is 0.0499. The van der Waals surface area contributed by atoms with E-state index in [-0.39, 0.29) is 5.41 Å². The maximum absolute atomic E-state index is 3.82. The number of hydrogen-bond donors (Lipinski definition) is 1. The SMILES string of the molecule is CCCCCCCCCCCCCCCCC[n+]1cc[nH]c1C(CCCCCCCCCCCC)C(C)(Cc1ccccc1)c1ccccc1. The van der Waals surface area contributed by atoms with Crippen LogP contribution in [0.25, 0.3) is 0 Å². The third-order valence-corrected chi connectivity index (χ3v) is 11.6. The van der Waals surface area contributed by atoms with Gasteiger partial charge in [0.2, 0.25) is 0 Å². The summed E-state index contributed by atoms with van der Waals surface area (Å²) in [4.78, 5) is 3.82. The van der Waals surface area contributed by atoms with Crippen LogP contribution in [0.3, 0.4) is 0 Å². The van der Waals surface area contributed by atoms with Crippen molar-refractivity contribution >= 4 is 0 Å². The smallest absolute Gasteiger partial charge is 0.247 e. The lowest BCUT2D eigenvalue weighted by atomic mass is 9.66. The van der Waals surface area contributed by atoms with Gasteiger partial charge in [0.1, 0.15) is 12.4 Å². The number of H-pyrrole nitrogens is 1. The summed E-state index contributed by atoms with van der Waals surface area (Å²) in [5.41, 5.74) is 2.91. The molecule has 0 aliphatic carbocycles. The number of hydrogen-bond acceptors (Lipinski definition) is 0. The van der Waals surface area contributed by atoms with Gasteiger partial charge in [0, 0.05) is 5.41 Å². The molecule has 50 heavy (non-hydrogen) atoms. The summed E-state index contributed by atoms with van der Waals surface area (Å²) in [6, 6.07) is 22.7. The van der Waals surface area contributed by atoms with Crippen LogP contribution < -0.4 is 4.57 Å². The summed E-state index contributed by atoms with van der Waals surface area (Å²) in [6.07, 6.45) is 41.9. The minimum atomic E-state index is 0.00352. The fraction of sp³-hybridized carbons (Fsp3) is 0.688. The number of aromatic nitrogens is 2. The molecule has 2 heteroatoms. The van der Waals surface area contributed by atoms with E-state index in [1.54, 1.807) is 0 Å². The van der Waals surface area contributed by atoms with Crippen molar-refractivity contribution in [2.24, 2.45) is 0 Å². The molecule has 280 valence electrons. The maximum atomic E-state index is 3.82. The van der Waals surface area contributed by atoms with Crippen LogP contribution >= 0.6 is 0 Å². The van der Waals surface area contributed by atoms with Gasteiger partial charge in [0.15, 0.2) is 0 Å². The monoisotopic (exact) mass is 684 g/mol. The first kappa shape index (κ1) is 42.1. The molecule has 2 nitrogen and oxygen atoms in total. The average molecular weight is 684 g/mol. The van der Waals surface area contributed by atoms with E-state index in [9.17, 15) is 0 Å². The van der Waals surface area contributed by atoms with Crippen LogP contribution in [0, 0.1) is 0 Å². The third-order valence-electron chi connectivity index (χ3n) is 11.6. The van der Waals surface area contributed by atoms with E-state index in [0.717, 1.165) is 13.0 Å². The van der Waals surface area contributed by atoms with E-state index < -0.39 is 0 Å². The molecule has 2 unspecified atom stereocenters. The highest BCUT2D eigenvalue weighted by Crippen LogP contribution is 2.43. The molecule has 0 aliphatic heterocycles. The second-order valence-electron chi connectivity index (χ2n) is 16.0. The Hall–Kier alpha value is -2.35. The van der Waals surface area contributed by atoms with Gasteiger partial charge in [-0.25, -0.2) is 9.55 Å². The molecule has 1 heterocycles. The molecule has 0 bridgehead atoms. The lowest BCUT2D eigenvalue weighted by molar-refractivity contribution is -0.705. The lowest BCUT2D eigenvalue weighted by Crippen LogP contribution is -2.43. The average Bonchev–Trinajstić information content (AvgIpc) is 3.60. The molecule has 3 aromatic rings. The molecule has 0 amide bonds. The van der Waals surface area contributed by atoms with Crippen LogP contribution in [0.4, 0.5) is 0 Å². The first-order valence-corrected chi connectivity index (χ1v) is 21.8. The zero-order valence-electron chi connectivity index (χ0n) is 33.3. The van der Waals surface area contributed by atoms with E-state index in [1.807, 2.05) is 0 Å². The fourth-order valence-corrected chi connectivity index (χ4v) is 8.38. The second kappa shape index (κ2) is 27.3. The van der Waals surface area contributed by atoms with Crippen LogP contribution in [0.1, 0.15) is 211 Å². The van der Waals surface area contributed by atoms with Crippen LogP contribution in [0.2, 0.25) is 0 Å². The molecule has 1 aromatic heterocycles. The minimum absolute atomic E-state index is 0.00352. The van der Waals surface area contributed by atoms with E-state index in [0.29, 0.717) is 5.92 Å². The normalized spacial score (nSPS) is 13.4. The number of benzene rings is 2. The summed E-state index contributed by atoms with van der Waals surface area (Å²) < 4.78 is 2.59. The number of imidazole rings is 1. The third kappa shape index (κ3) is 16.8. The standard InChI is InChI=1S/C48H78N2/c1-4-6-8-10-12-14-16-17-18-19-20-22-24-26-34-41-50-42-40-49-47(50)46(39-33-25-23-21-15-13-11-9-7-5-2)48(3,45-37-31-28-32-38-45)43-44-35-29-27-30-36-44/h27-32,35-38,40,42,46H,4-26,33-34,39,41,43H2,1-3H3/p+1. The topological polar surface area (TPSA) is 19.7 Å². The Labute approximate surface area is 310 Å². The predicted octanol–water partition coefficient (Wildman–Crippen LogP) is 14.8. The first-order valence-electron chi connectivity index (χ1n) is 21.8. The molecule has 1 N–H and O–H groups in total. The highest BCUT2D eigenvalue weighted by atomic mass is 15.1. The summed E-state index contributed by atoms with van der Waals surface area (Å²) in [7, 11) is 0. The van der Waals surface area contributed by atoms with Gasteiger partial charge >= 0.3 is 0 Å². The van der Waals surface area contributed by atoms with E-state index in [1.165, 1.54) is 184 Å². The molecule has 0 saturated heterocycles. The van der Waals surface area contributed by atoms with Gasteiger partial charge in [0.25, 0.3) is 5.82 Å². The van der Waals surface area contributed by atoms with E-state index >= 15 is 0 Å². The highest BCUT2D eigenvalue weighted by molar-refractivity contribution is 5.32. The van der Waals surface area contributed by atoms with Crippen LogP contribution in [0.5, 0.6) is 0 Å². The molecular weight excluding hydrogens is 605 g/mol. The molecule has 0 radical (unpaired) electrons. The van der Waals surface area contributed by atoms with E-state index in [4.69, 9.17) is 0 Å². The van der Waals surface area contributed by atoms with Crippen LogP contribution in [0.15, 0.2) is 73.1 Å². The van der Waals surface area contributed by atoms with Gasteiger partial charge in [-0.2, -0.15) is 0 Å². The second-order valence-corrected chi connectivity index (χ2v) is 16.0. The summed E-state index contributed by atoms with van der Waals surface area (Å²) in [6.45, 7) is 8.30. The molecule has 3 rings (SSSR count). The number of unbranched alkanes of at least 4 members (excludes halogenated alkanes) is 23. The van der Waals surface area contributed by atoms with Crippen molar-refractivity contribution in [1.29, 1.82) is 0 Å². The van der Waals surface area contributed by atoms with Crippen molar-refractivity contribution in [3.63, 3.8) is 0 Å². The Bertz CT molecular complexity index is 1170. The van der Waals surface area contributed by atoms with Gasteiger partial charge in [-0.1, -0.05) is 229 Å². The number of nitrogens with zero attached hydrogens (tertiary/aromatic N) is 1. The Balaban J connectivity index is 1.53. The van der Waals surface area contributed by atoms with Crippen LogP contribution in [-0.2, 0) is 18.4 Å². The summed E-state index contributed by atoms with van der Waals surface area (Å²) >= 11 is 0. The number of aryl methyl sites for hydroxylation is 1. The van der Waals surface area contributed by atoms with Crippen molar-refractivity contribution in [3.05, 3.63) is 90.0 Å².